The minimum absolute atomic E-state index is 0.184. The fourth-order valence-corrected chi connectivity index (χ4v) is 2.58. The summed E-state index contributed by atoms with van der Waals surface area (Å²) in [5.74, 6) is -0.0205. The molecule has 0 amide bonds. The van der Waals surface area contributed by atoms with E-state index in [1.807, 2.05) is 12.1 Å². The van der Waals surface area contributed by atoms with Gasteiger partial charge < -0.3 is 4.74 Å². The zero-order valence-corrected chi connectivity index (χ0v) is 12.0. The zero-order valence-electron chi connectivity index (χ0n) is 9.60. The first-order valence-corrected chi connectivity index (χ1v) is 7.41. The summed E-state index contributed by atoms with van der Waals surface area (Å²) in [5, 5.41) is 8.22. The Morgan fingerprint density at radius 2 is 2.06 bits per heavy atom. The van der Waals surface area contributed by atoms with Crippen LogP contribution in [0.5, 0.6) is 0 Å². The summed E-state index contributed by atoms with van der Waals surface area (Å²) in [6, 6.07) is 8.95. The van der Waals surface area contributed by atoms with Crippen molar-refractivity contribution in [3.05, 3.63) is 28.7 Å². The molecule has 0 N–H and O–H groups in total. The maximum Gasteiger partial charge on any atom is 0.306 e. The van der Waals surface area contributed by atoms with Crippen molar-refractivity contribution in [2.24, 2.45) is 0 Å². The van der Waals surface area contributed by atoms with E-state index in [1.54, 1.807) is 18.2 Å². The van der Waals surface area contributed by atoms with E-state index in [0.717, 1.165) is 9.37 Å². The van der Waals surface area contributed by atoms with Crippen molar-refractivity contribution in [1.29, 1.82) is 5.26 Å². The molecular weight excluding hydrogens is 318 g/mol. The van der Waals surface area contributed by atoms with E-state index in [2.05, 4.69) is 20.7 Å². The standard InChI is InChI=1S/C12H12BrNO3S/c13-10-3-5-11(6-4-10)18(16)9-1-2-12(15)17-8-7-14/h3-6H,1-2,8-9H2/t18-/m1/s1. The number of rotatable bonds is 6. The van der Waals surface area contributed by atoms with Gasteiger partial charge in [0.25, 0.3) is 0 Å². The second kappa shape index (κ2) is 8.01. The van der Waals surface area contributed by atoms with Crippen molar-refractivity contribution in [2.45, 2.75) is 17.7 Å². The highest BCUT2D eigenvalue weighted by molar-refractivity contribution is 9.10. The molecule has 0 saturated carbocycles. The van der Waals surface area contributed by atoms with Gasteiger partial charge >= 0.3 is 5.97 Å². The number of hydrogen-bond donors (Lipinski definition) is 0. The van der Waals surface area contributed by atoms with E-state index >= 15 is 0 Å². The van der Waals surface area contributed by atoms with Gasteiger partial charge in [0.2, 0.25) is 0 Å². The van der Waals surface area contributed by atoms with Gasteiger partial charge in [0.1, 0.15) is 6.07 Å². The van der Waals surface area contributed by atoms with Crippen LogP contribution in [0, 0.1) is 11.3 Å². The van der Waals surface area contributed by atoms with Gasteiger partial charge in [0, 0.05) is 21.5 Å². The van der Waals surface area contributed by atoms with E-state index in [0.29, 0.717) is 12.2 Å². The first-order valence-electron chi connectivity index (χ1n) is 5.30. The Morgan fingerprint density at radius 3 is 2.67 bits per heavy atom. The molecule has 0 radical (unpaired) electrons. The van der Waals surface area contributed by atoms with Crippen molar-refractivity contribution in [1.82, 2.24) is 0 Å². The molecule has 0 spiro atoms. The minimum atomic E-state index is -1.11. The Labute approximate surface area is 117 Å². The van der Waals surface area contributed by atoms with Crippen molar-refractivity contribution in [3.8, 4) is 6.07 Å². The molecule has 0 aliphatic carbocycles. The Morgan fingerprint density at radius 1 is 1.39 bits per heavy atom. The van der Waals surface area contributed by atoms with Crippen LogP contribution >= 0.6 is 15.9 Å². The topological polar surface area (TPSA) is 67.2 Å². The Balaban J connectivity index is 2.31. The monoisotopic (exact) mass is 329 g/mol. The number of nitriles is 1. The third-order valence-corrected chi connectivity index (χ3v) is 4.07. The fourth-order valence-electron chi connectivity index (χ4n) is 1.24. The van der Waals surface area contributed by atoms with Crippen LogP contribution < -0.4 is 0 Å². The van der Waals surface area contributed by atoms with Gasteiger partial charge in [-0.2, -0.15) is 5.26 Å². The molecule has 96 valence electrons. The predicted molar refractivity (Wildman–Crippen MR) is 71.2 cm³/mol. The van der Waals surface area contributed by atoms with E-state index in [-0.39, 0.29) is 13.0 Å². The van der Waals surface area contributed by atoms with Gasteiger partial charge in [0.15, 0.2) is 6.61 Å². The normalized spacial score (nSPS) is 11.6. The largest absolute Gasteiger partial charge is 0.450 e. The van der Waals surface area contributed by atoms with E-state index in [4.69, 9.17) is 5.26 Å². The van der Waals surface area contributed by atoms with E-state index < -0.39 is 16.8 Å². The number of benzene rings is 1. The molecule has 0 aromatic heterocycles. The molecule has 4 nitrogen and oxygen atoms in total. The number of halogens is 1. The van der Waals surface area contributed by atoms with Crippen LogP contribution in [0.15, 0.2) is 33.6 Å². The second-order valence-corrected chi connectivity index (χ2v) is 5.91. The number of carbonyl (C=O) groups excluding carboxylic acids is 1. The molecule has 0 unspecified atom stereocenters. The molecule has 6 heteroatoms. The number of carbonyl (C=O) groups is 1. The Kier molecular flexibility index (Phi) is 6.61. The van der Waals surface area contributed by atoms with Crippen LogP contribution in [0.2, 0.25) is 0 Å². The van der Waals surface area contributed by atoms with Crippen LogP contribution in [-0.4, -0.2) is 22.5 Å². The third kappa shape index (κ3) is 5.43. The van der Waals surface area contributed by atoms with Crippen LogP contribution in [-0.2, 0) is 20.3 Å². The van der Waals surface area contributed by atoms with Crippen molar-refractivity contribution in [3.63, 3.8) is 0 Å². The molecule has 0 fully saturated rings. The van der Waals surface area contributed by atoms with Gasteiger partial charge in [-0.3, -0.25) is 9.00 Å². The lowest BCUT2D eigenvalue weighted by Gasteiger charge is -2.02. The van der Waals surface area contributed by atoms with Crippen molar-refractivity contribution < 1.29 is 13.7 Å². The van der Waals surface area contributed by atoms with E-state index in [1.165, 1.54) is 0 Å². The molecule has 1 aromatic carbocycles. The number of nitrogens with zero attached hydrogens (tertiary/aromatic N) is 1. The van der Waals surface area contributed by atoms with Gasteiger partial charge in [-0.1, -0.05) is 15.9 Å². The first-order chi connectivity index (χ1) is 8.63. The summed E-state index contributed by atoms with van der Waals surface area (Å²) in [6.07, 6.45) is 0.664. The lowest BCUT2D eigenvalue weighted by molar-refractivity contribution is -0.142. The number of esters is 1. The van der Waals surface area contributed by atoms with Crippen LogP contribution in [0.1, 0.15) is 12.8 Å². The SMILES string of the molecule is N#CCOC(=O)CCC[S@@](=O)c1ccc(Br)cc1. The predicted octanol–water partition coefficient (Wildman–Crippen LogP) is 2.40. The maximum atomic E-state index is 11.8. The van der Waals surface area contributed by atoms with Crippen molar-refractivity contribution >= 4 is 32.7 Å². The number of ether oxygens (including phenoxy) is 1. The summed E-state index contributed by atoms with van der Waals surface area (Å²) < 4.78 is 17.4. The lowest BCUT2D eigenvalue weighted by Crippen LogP contribution is -2.07. The minimum Gasteiger partial charge on any atom is -0.450 e. The molecule has 1 atom stereocenters. The van der Waals surface area contributed by atoms with Gasteiger partial charge in [-0.15, -0.1) is 0 Å². The average molecular weight is 330 g/mol. The summed E-state index contributed by atoms with van der Waals surface area (Å²) in [4.78, 5) is 11.8. The molecule has 0 aliphatic heterocycles. The molecule has 18 heavy (non-hydrogen) atoms. The number of hydrogen-bond acceptors (Lipinski definition) is 4. The summed E-state index contributed by atoms with van der Waals surface area (Å²) in [5.41, 5.74) is 0. The quantitative estimate of drug-likeness (QED) is 0.751. The van der Waals surface area contributed by atoms with Crippen LogP contribution in [0.4, 0.5) is 0 Å². The lowest BCUT2D eigenvalue weighted by atomic mass is 10.3. The average Bonchev–Trinajstić information content (AvgIpc) is 2.37. The first kappa shape index (κ1) is 14.9. The Hall–Kier alpha value is -1.19. The highest BCUT2D eigenvalue weighted by atomic mass is 79.9. The Bertz CT molecular complexity index is 467. The molecule has 1 rings (SSSR count). The molecule has 0 heterocycles. The van der Waals surface area contributed by atoms with E-state index in [9.17, 15) is 9.00 Å². The van der Waals surface area contributed by atoms with Crippen molar-refractivity contribution in [2.75, 3.05) is 12.4 Å². The van der Waals surface area contributed by atoms with Gasteiger partial charge in [-0.25, -0.2) is 0 Å². The summed E-state index contributed by atoms with van der Waals surface area (Å²) in [6.45, 7) is -0.228. The molecule has 1 aromatic rings. The molecule has 0 bridgehead atoms. The van der Waals surface area contributed by atoms with Gasteiger partial charge in [-0.05, 0) is 30.7 Å². The maximum absolute atomic E-state index is 11.8. The molecule has 0 saturated heterocycles. The molecule has 0 aliphatic rings. The molecular formula is C12H12BrNO3S. The highest BCUT2D eigenvalue weighted by Crippen LogP contribution is 2.14. The third-order valence-electron chi connectivity index (χ3n) is 2.08. The zero-order chi connectivity index (χ0) is 13.4. The fraction of sp³-hybridized carbons (Fsp3) is 0.333. The van der Waals surface area contributed by atoms with Crippen LogP contribution in [0.25, 0.3) is 0 Å². The highest BCUT2D eigenvalue weighted by Gasteiger charge is 2.07. The second-order valence-electron chi connectivity index (χ2n) is 3.43. The summed E-state index contributed by atoms with van der Waals surface area (Å²) in [7, 11) is -1.11. The van der Waals surface area contributed by atoms with Gasteiger partial charge in [0.05, 0.1) is 10.8 Å². The summed E-state index contributed by atoms with van der Waals surface area (Å²) >= 11 is 3.30. The van der Waals surface area contributed by atoms with Crippen LogP contribution in [0.3, 0.4) is 0 Å². The smallest absolute Gasteiger partial charge is 0.306 e.